The molecule has 0 spiro atoms. The van der Waals surface area contributed by atoms with Crippen LogP contribution < -0.4 is 5.32 Å². The zero-order chi connectivity index (χ0) is 11.8. The summed E-state index contributed by atoms with van der Waals surface area (Å²) in [7, 11) is 0. The lowest BCUT2D eigenvalue weighted by Gasteiger charge is -2.01. The summed E-state index contributed by atoms with van der Waals surface area (Å²) in [6, 6.07) is 5.42. The van der Waals surface area contributed by atoms with Crippen molar-refractivity contribution in [3.8, 4) is 0 Å². The Morgan fingerprint density at radius 1 is 1.53 bits per heavy atom. The Kier molecular flexibility index (Phi) is 2.52. The molecule has 0 aliphatic heterocycles. The summed E-state index contributed by atoms with van der Waals surface area (Å²) in [5.41, 5.74) is 2.22. The van der Waals surface area contributed by atoms with Crippen LogP contribution in [0.4, 0.5) is 5.69 Å². The van der Waals surface area contributed by atoms with Crippen molar-refractivity contribution < 1.29 is 9.21 Å². The van der Waals surface area contributed by atoms with Gasteiger partial charge in [-0.05, 0) is 25.0 Å². The number of fused-ring (bicyclic) bond motifs is 1. The fourth-order valence-electron chi connectivity index (χ4n) is 1.72. The van der Waals surface area contributed by atoms with Gasteiger partial charge < -0.3 is 9.73 Å². The summed E-state index contributed by atoms with van der Waals surface area (Å²) in [6.07, 6.45) is 2.31. The number of aromatic nitrogens is 1. The molecule has 1 fully saturated rings. The highest BCUT2D eigenvalue weighted by atomic mass is 35.5. The smallest absolute Gasteiger partial charge is 0.239 e. The van der Waals surface area contributed by atoms with Crippen molar-refractivity contribution >= 4 is 34.3 Å². The van der Waals surface area contributed by atoms with Crippen LogP contribution in [0.1, 0.15) is 24.7 Å². The van der Waals surface area contributed by atoms with E-state index in [-0.39, 0.29) is 11.8 Å². The van der Waals surface area contributed by atoms with E-state index in [0.29, 0.717) is 17.2 Å². The van der Waals surface area contributed by atoms with Gasteiger partial charge >= 0.3 is 0 Å². The standard InChI is InChI=1S/C12H11ClN2O2/c13-6-11(16)14-8-3-4-9-10(5-8)17-12(15-9)7-1-2-7/h3-5,7H,1-2,6H2,(H,14,16). The molecule has 1 saturated carbocycles. The van der Waals surface area contributed by atoms with E-state index in [1.807, 2.05) is 6.07 Å². The van der Waals surface area contributed by atoms with E-state index in [0.717, 1.165) is 24.2 Å². The summed E-state index contributed by atoms with van der Waals surface area (Å²) < 4.78 is 5.65. The van der Waals surface area contributed by atoms with Crippen LogP contribution in [0.3, 0.4) is 0 Å². The number of halogens is 1. The SMILES string of the molecule is O=C(CCl)Nc1ccc2nc(C3CC3)oc2c1. The van der Waals surface area contributed by atoms with Crippen molar-refractivity contribution in [1.82, 2.24) is 4.98 Å². The van der Waals surface area contributed by atoms with Crippen LogP contribution in [0.25, 0.3) is 11.1 Å². The van der Waals surface area contributed by atoms with Crippen molar-refractivity contribution in [2.45, 2.75) is 18.8 Å². The van der Waals surface area contributed by atoms with E-state index in [1.54, 1.807) is 12.1 Å². The first kappa shape index (κ1) is 10.6. The molecule has 2 aromatic rings. The zero-order valence-corrected chi connectivity index (χ0v) is 9.83. The third-order valence-electron chi connectivity index (χ3n) is 2.74. The fraction of sp³-hybridized carbons (Fsp3) is 0.333. The van der Waals surface area contributed by atoms with Gasteiger partial charge in [0.2, 0.25) is 5.91 Å². The van der Waals surface area contributed by atoms with E-state index in [1.165, 1.54) is 0 Å². The van der Waals surface area contributed by atoms with Gasteiger partial charge in [0.1, 0.15) is 11.4 Å². The molecule has 1 heterocycles. The molecule has 0 bridgehead atoms. The molecule has 1 aliphatic carbocycles. The average molecular weight is 251 g/mol. The molecule has 5 heteroatoms. The van der Waals surface area contributed by atoms with Crippen molar-refractivity contribution in [2.75, 3.05) is 11.2 Å². The molecule has 3 rings (SSSR count). The van der Waals surface area contributed by atoms with Gasteiger partial charge in [0.25, 0.3) is 0 Å². The predicted molar refractivity (Wildman–Crippen MR) is 65.3 cm³/mol. The largest absolute Gasteiger partial charge is 0.440 e. The van der Waals surface area contributed by atoms with Crippen LogP contribution in [0, 0.1) is 0 Å². The van der Waals surface area contributed by atoms with E-state index >= 15 is 0 Å². The molecular weight excluding hydrogens is 240 g/mol. The molecule has 17 heavy (non-hydrogen) atoms. The Labute approximate surface area is 103 Å². The Hall–Kier alpha value is -1.55. The minimum Gasteiger partial charge on any atom is -0.440 e. The van der Waals surface area contributed by atoms with Crippen LogP contribution >= 0.6 is 11.6 Å². The molecule has 0 atom stereocenters. The number of carbonyl (C=O) groups is 1. The third kappa shape index (κ3) is 2.13. The lowest BCUT2D eigenvalue weighted by molar-refractivity contribution is -0.113. The zero-order valence-electron chi connectivity index (χ0n) is 9.07. The maximum Gasteiger partial charge on any atom is 0.239 e. The number of carbonyl (C=O) groups excluding carboxylic acids is 1. The van der Waals surface area contributed by atoms with Crippen LogP contribution in [0.5, 0.6) is 0 Å². The molecule has 0 radical (unpaired) electrons. The van der Waals surface area contributed by atoms with Crippen LogP contribution in [-0.4, -0.2) is 16.8 Å². The number of rotatable bonds is 3. The molecule has 1 amide bonds. The minimum absolute atomic E-state index is 0.0538. The first-order valence-corrected chi connectivity index (χ1v) is 6.06. The Bertz CT molecular complexity index is 575. The highest BCUT2D eigenvalue weighted by Crippen LogP contribution is 2.40. The summed E-state index contributed by atoms with van der Waals surface area (Å²) in [6.45, 7) is 0. The maximum absolute atomic E-state index is 11.2. The fourth-order valence-corrected chi connectivity index (χ4v) is 1.79. The van der Waals surface area contributed by atoms with Crippen molar-refractivity contribution in [3.05, 3.63) is 24.1 Å². The number of nitrogens with zero attached hydrogens (tertiary/aromatic N) is 1. The van der Waals surface area contributed by atoms with Gasteiger partial charge in [-0.25, -0.2) is 4.98 Å². The van der Waals surface area contributed by atoms with Crippen LogP contribution in [-0.2, 0) is 4.79 Å². The number of oxazole rings is 1. The number of anilines is 1. The van der Waals surface area contributed by atoms with E-state index < -0.39 is 0 Å². The molecule has 88 valence electrons. The first-order chi connectivity index (χ1) is 8.26. The second-order valence-electron chi connectivity index (χ2n) is 4.19. The molecule has 0 unspecified atom stereocenters. The predicted octanol–water partition coefficient (Wildman–Crippen LogP) is 2.88. The van der Waals surface area contributed by atoms with Gasteiger partial charge in [0.15, 0.2) is 11.5 Å². The second kappa shape index (κ2) is 4.04. The Balaban J connectivity index is 1.91. The Morgan fingerprint density at radius 2 is 2.35 bits per heavy atom. The summed E-state index contributed by atoms with van der Waals surface area (Å²) in [5, 5.41) is 2.68. The quantitative estimate of drug-likeness (QED) is 0.853. The van der Waals surface area contributed by atoms with Gasteiger partial charge in [-0.1, -0.05) is 0 Å². The Morgan fingerprint density at radius 3 is 3.06 bits per heavy atom. The summed E-state index contributed by atoms with van der Waals surface area (Å²) >= 11 is 5.43. The van der Waals surface area contributed by atoms with Gasteiger partial charge in [0.05, 0.1) is 0 Å². The molecular formula is C12H11ClN2O2. The maximum atomic E-state index is 11.2. The summed E-state index contributed by atoms with van der Waals surface area (Å²) in [4.78, 5) is 15.6. The molecule has 4 nitrogen and oxygen atoms in total. The number of alkyl halides is 1. The number of nitrogens with one attached hydrogen (secondary N) is 1. The normalized spacial score (nSPS) is 15.1. The highest BCUT2D eigenvalue weighted by Gasteiger charge is 2.28. The second-order valence-corrected chi connectivity index (χ2v) is 4.46. The average Bonchev–Trinajstić information content (AvgIpc) is 3.09. The van der Waals surface area contributed by atoms with Gasteiger partial charge in [0, 0.05) is 17.7 Å². The summed E-state index contributed by atoms with van der Waals surface area (Å²) in [5.74, 6) is 1.01. The van der Waals surface area contributed by atoms with E-state index in [4.69, 9.17) is 16.0 Å². The molecule has 1 N–H and O–H groups in total. The topological polar surface area (TPSA) is 55.1 Å². The van der Waals surface area contributed by atoms with Crippen LogP contribution in [0.2, 0.25) is 0 Å². The van der Waals surface area contributed by atoms with Crippen molar-refractivity contribution in [2.24, 2.45) is 0 Å². The van der Waals surface area contributed by atoms with Gasteiger partial charge in [-0.2, -0.15) is 0 Å². The monoisotopic (exact) mass is 250 g/mol. The molecule has 0 saturated heterocycles. The molecule has 1 aromatic heterocycles. The lowest BCUT2D eigenvalue weighted by Crippen LogP contribution is -2.12. The van der Waals surface area contributed by atoms with Crippen molar-refractivity contribution in [3.63, 3.8) is 0 Å². The minimum atomic E-state index is -0.229. The number of benzene rings is 1. The van der Waals surface area contributed by atoms with Crippen LogP contribution in [0.15, 0.2) is 22.6 Å². The van der Waals surface area contributed by atoms with Gasteiger partial charge in [-0.3, -0.25) is 4.79 Å². The molecule has 1 aromatic carbocycles. The van der Waals surface area contributed by atoms with E-state index in [2.05, 4.69) is 10.3 Å². The number of hydrogen-bond acceptors (Lipinski definition) is 3. The molecule has 1 aliphatic rings. The first-order valence-electron chi connectivity index (χ1n) is 5.52. The lowest BCUT2D eigenvalue weighted by atomic mass is 10.3. The highest BCUT2D eigenvalue weighted by molar-refractivity contribution is 6.29. The van der Waals surface area contributed by atoms with Gasteiger partial charge in [-0.15, -0.1) is 11.6 Å². The third-order valence-corrected chi connectivity index (χ3v) is 2.98. The van der Waals surface area contributed by atoms with Crippen molar-refractivity contribution in [1.29, 1.82) is 0 Å². The number of amides is 1. The number of hydrogen-bond donors (Lipinski definition) is 1. The van der Waals surface area contributed by atoms with E-state index in [9.17, 15) is 4.79 Å².